The highest BCUT2D eigenvalue weighted by atomic mass is 19.4. The van der Waals surface area contributed by atoms with Crippen LogP contribution in [-0.2, 0) is 10.9 Å². The topological polar surface area (TPSA) is 51.2 Å². The van der Waals surface area contributed by atoms with Gasteiger partial charge in [-0.25, -0.2) is 4.79 Å². The van der Waals surface area contributed by atoms with Gasteiger partial charge in [-0.3, -0.25) is 4.98 Å². The van der Waals surface area contributed by atoms with Crippen LogP contribution in [0.5, 0.6) is 0 Å². The second-order valence-corrected chi connectivity index (χ2v) is 7.05. The van der Waals surface area contributed by atoms with Gasteiger partial charge in [0.25, 0.3) is 0 Å². The Labute approximate surface area is 177 Å². The summed E-state index contributed by atoms with van der Waals surface area (Å²) in [5.74, 6) is -0.0570. The van der Waals surface area contributed by atoms with Gasteiger partial charge in [0.2, 0.25) is 0 Å². The van der Waals surface area contributed by atoms with Gasteiger partial charge >= 0.3 is 12.3 Å². The van der Waals surface area contributed by atoms with Crippen molar-refractivity contribution in [1.29, 1.82) is 0 Å². The quantitative estimate of drug-likeness (QED) is 0.576. The maximum absolute atomic E-state index is 13.0. The summed E-state index contributed by atoms with van der Waals surface area (Å²) < 4.78 is 44.3. The van der Waals surface area contributed by atoms with Crippen molar-refractivity contribution in [2.24, 2.45) is 0 Å². The van der Waals surface area contributed by atoms with E-state index in [0.29, 0.717) is 0 Å². The van der Waals surface area contributed by atoms with Crippen LogP contribution in [-0.4, -0.2) is 24.2 Å². The van der Waals surface area contributed by atoms with Gasteiger partial charge in [-0.15, -0.1) is 0 Å². The number of alkyl carbamates (subject to hydrolysis) is 1. The first-order valence-corrected chi connectivity index (χ1v) is 9.73. The highest BCUT2D eigenvalue weighted by Crippen LogP contribution is 2.44. The molecule has 0 saturated heterocycles. The lowest BCUT2D eigenvalue weighted by molar-refractivity contribution is -0.141. The van der Waals surface area contributed by atoms with E-state index in [0.717, 1.165) is 28.5 Å². The average molecular weight is 424 g/mol. The van der Waals surface area contributed by atoms with E-state index in [9.17, 15) is 18.0 Å². The van der Waals surface area contributed by atoms with E-state index in [1.165, 1.54) is 24.3 Å². The lowest BCUT2D eigenvalue weighted by atomic mass is 9.98. The van der Waals surface area contributed by atoms with E-state index in [4.69, 9.17) is 4.74 Å². The summed E-state index contributed by atoms with van der Waals surface area (Å²) in [6.45, 7) is 0.202. The summed E-state index contributed by atoms with van der Waals surface area (Å²) in [6, 6.07) is 18.8. The first-order valence-electron chi connectivity index (χ1n) is 9.73. The largest absolute Gasteiger partial charge is 0.449 e. The Balaban J connectivity index is 1.35. The summed E-state index contributed by atoms with van der Waals surface area (Å²) >= 11 is 0. The van der Waals surface area contributed by atoms with Crippen LogP contribution in [0.1, 0.15) is 28.3 Å². The van der Waals surface area contributed by atoms with Crippen molar-refractivity contribution in [3.63, 3.8) is 0 Å². The van der Waals surface area contributed by atoms with Gasteiger partial charge in [-0.1, -0.05) is 66.7 Å². The van der Waals surface area contributed by atoms with Gasteiger partial charge in [0.1, 0.15) is 6.61 Å². The van der Waals surface area contributed by atoms with Gasteiger partial charge in [0.05, 0.1) is 0 Å². The molecule has 0 unspecified atom stereocenters. The predicted molar refractivity (Wildman–Crippen MR) is 111 cm³/mol. The molecule has 7 heteroatoms. The maximum atomic E-state index is 13.0. The molecule has 1 amide bonds. The van der Waals surface area contributed by atoms with E-state index in [2.05, 4.69) is 10.3 Å². The SMILES string of the molecule is O=C(NCC=Cc1cccnc1C(F)(F)F)OCC1c2ccccc2-c2ccccc21. The predicted octanol–water partition coefficient (Wildman–Crippen LogP) is 5.65. The number of alkyl halides is 3. The van der Waals surface area contributed by atoms with Gasteiger partial charge in [-0.2, -0.15) is 13.2 Å². The van der Waals surface area contributed by atoms with Crippen LogP contribution in [0.4, 0.5) is 18.0 Å². The van der Waals surface area contributed by atoms with Crippen molar-refractivity contribution in [2.75, 3.05) is 13.2 Å². The fourth-order valence-electron chi connectivity index (χ4n) is 3.77. The van der Waals surface area contributed by atoms with Gasteiger partial charge in [0.15, 0.2) is 5.69 Å². The molecular formula is C24H19F3N2O2. The van der Waals surface area contributed by atoms with E-state index in [-0.39, 0.29) is 24.6 Å². The molecule has 1 N–H and O–H groups in total. The molecule has 0 radical (unpaired) electrons. The first-order chi connectivity index (χ1) is 14.9. The number of ether oxygens (including phenoxy) is 1. The Kier molecular flexibility index (Phi) is 5.75. The number of nitrogens with zero attached hydrogens (tertiary/aromatic N) is 1. The Morgan fingerprint density at radius 2 is 1.65 bits per heavy atom. The number of hydrogen-bond acceptors (Lipinski definition) is 3. The second kappa shape index (κ2) is 8.63. The second-order valence-electron chi connectivity index (χ2n) is 7.05. The number of carbonyl (C=O) groups is 1. The monoisotopic (exact) mass is 424 g/mol. The van der Waals surface area contributed by atoms with Crippen LogP contribution >= 0.6 is 0 Å². The molecule has 0 aliphatic heterocycles. The fourth-order valence-corrected chi connectivity index (χ4v) is 3.77. The third-order valence-electron chi connectivity index (χ3n) is 5.11. The molecule has 1 aromatic heterocycles. The molecule has 3 aromatic rings. The van der Waals surface area contributed by atoms with E-state index >= 15 is 0 Å². The normalized spacial score (nSPS) is 13.1. The van der Waals surface area contributed by atoms with Crippen LogP contribution in [0, 0.1) is 0 Å². The van der Waals surface area contributed by atoms with E-state index in [1.807, 2.05) is 48.5 Å². The molecule has 1 aliphatic rings. The number of pyridine rings is 1. The fraction of sp³-hybridized carbons (Fsp3) is 0.167. The number of benzene rings is 2. The number of nitrogens with one attached hydrogen (secondary N) is 1. The van der Waals surface area contributed by atoms with Crippen molar-refractivity contribution in [3.05, 3.63) is 95.3 Å². The number of amides is 1. The highest BCUT2D eigenvalue weighted by molar-refractivity contribution is 5.79. The van der Waals surface area contributed by atoms with E-state index < -0.39 is 18.0 Å². The van der Waals surface area contributed by atoms with Crippen LogP contribution in [0.15, 0.2) is 72.9 Å². The van der Waals surface area contributed by atoms with Gasteiger partial charge < -0.3 is 10.1 Å². The van der Waals surface area contributed by atoms with Crippen molar-refractivity contribution in [3.8, 4) is 11.1 Å². The first kappa shape index (κ1) is 20.7. The standard InChI is InChI=1S/C24H19F3N2O2/c25-24(26,27)22-16(7-5-13-28-22)8-6-14-29-23(30)31-15-21-19-11-3-1-9-17(19)18-10-2-4-12-20(18)21/h1-13,21H,14-15H2,(H,29,30). The lowest BCUT2D eigenvalue weighted by Gasteiger charge is -2.14. The molecular weight excluding hydrogens is 405 g/mol. The number of carbonyl (C=O) groups excluding carboxylic acids is 1. The summed E-state index contributed by atoms with van der Waals surface area (Å²) in [5, 5.41) is 2.53. The smallest absolute Gasteiger partial charge is 0.433 e. The Hall–Kier alpha value is -3.61. The molecule has 0 bridgehead atoms. The summed E-state index contributed by atoms with van der Waals surface area (Å²) in [7, 11) is 0. The minimum atomic E-state index is -4.54. The molecule has 31 heavy (non-hydrogen) atoms. The maximum Gasteiger partial charge on any atom is 0.433 e. The molecule has 1 heterocycles. The molecule has 0 spiro atoms. The number of aromatic nitrogens is 1. The Morgan fingerprint density at radius 3 is 2.29 bits per heavy atom. The van der Waals surface area contributed by atoms with Crippen LogP contribution < -0.4 is 5.32 Å². The van der Waals surface area contributed by atoms with Crippen molar-refractivity contribution in [2.45, 2.75) is 12.1 Å². The minimum Gasteiger partial charge on any atom is -0.449 e. The summed E-state index contributed by atoms with van der Waals surface area (Å²) in [6.07, 6.45) is -1.38. The molecule has 4 nitrogen and oxygen atoms in total. The Morgan fingerprint density at radius 1 is 1.00 bits per heavy atom. The number of halogens is 3. The minimum absolute atomic E-state index is 0.0306. The number of rotatable bonds is 5. The molecule has 0 saturated carbocycles. The number of fused-ring (bicyclic) bond motifs is 3. The summed E-state index contributed by atoms with van der Waals surface area (Å²) in [4.78, 5) is 15.5. The molecule has 158 valence electrons. The molecule has 1 aliphatic carbocycles. The lowest BCUT2D eigenvalue weighted by Crippen LogP contribution is -2.26. The van der Waals surface area contributed by atoms with Crippen molar-refractivity contribution < 1.29 is 22.7 Å². The zero-order valence-corrected chi connectivity index (χ0v) is 16.4. The van der Waals surface area contributed by atoms with Crippen molar-refractivity contribution >= 4 is 12.2 Å². The molecule has 4 rings (SSSR count). The van der Waals surface area contributed by atoms with Crippen LogP contribution in [0.25, 0.3) is 17.2 Å². The molecule has 0 atom stereocenters. The average Bonchev–Trinajstić information content (AvgIpc) is 3.09. The number of hydrogen-bond donors (Lipinski definition) is 1. The van der Waals surface area contributed by atoms with Gasteiger partial charge in [0, 0.05) is 24.2 Å². The van der Waals surface area contributed by atoms with Gasteiger partial charge in [-0.05, 0) is 28.3 Å². The van der Waals surface area contributed by atoms with Crippen LogP contribution in [0.2, 0.25) is 0 Å². The zero-order valence-electron chi connectivity index (χ0n) is 16.4. The Bertz CT molecular complexity index is 1080. The van der Waals surface area contributed by atoms with E-state index in [1.54, 1.807) is 0 Å². The molecule has 0 fully saturated rings. The van der Waals surface area contributed by atoms with Crippen molar-refractivity contribution in [1.82, 2.24) is 10.3 Å². The zero-order chi connectivity index (χ0) is 21.8. The third-order valence-corrected chi connectivity index (χ3v) is 5.11. The van der Waals surface area contributed by atoms with Crippen LogP contribution in [0.3, 0.4) is 0 Å². The summed E-state index contributed by atoms with van der Waals surface area (Å²) in [5.41, 5.74) is 3.44. The molecule has 2 aromatic carbocycles. The third kappa shape index (κ3) is 4.45. The highest BCUT2D eigenvalue weighted by Gasteiger charge is 2.34.